The number of ether oxygens (including phenoxy) is 1. The van der Waals surface area contributed by atoms with Crippen molar-refractivity contribution in [1.82, 2.24) is 0 Å². The minimum atomic E-state index is 0.231. The fourth-order valence-corrected chi connectivity index (χ4v) is 2.77. The Labute approximate surface area is 116 Å². The van der Waals surface area contributed by atoms with Crippen LogP contribution in [0.2, 0.25) is 10.0 Å². The van der Waals surface area contributed by atoms with E-state index in [2.05, 4.69) is 6.92 Å². The fraction of sp³-hybridized carbons (Fsp3) is 0.200. The summed E-state index contributed by atoms with van der Waals surface area (Å²) in [7, 11) is 0. The molecule has 0 aromatic heterocycles. The molecule has 0 N–H and O–H groups in total. The van der Waals surface area contributed by atoms with Gasteiger partial charge in [0.05, 0.1) is 0 Å². The number of fused-ring (bicyclic) bond motifs is 2. The minimum absolute atomic E-state index is 0.231. The topological polar surface area (TPSA) is 9.23 Å². The number of hydrogen-bond donors (Lipinski definition) is 0. The molecule has 1 unspecified atom stereocenters. The SMILES string of the molecule is CC1c2cc(Cl)ccc2COc2ccc(Cl)cc21. The van der Waals surface area contributed by atoms with Gasteiger partial charge in [0, 0.05) is 21.5 Å². The van der Waals surface area contributed by atoms with Crippen LogP contribution >= 0.6 is 23.2 Å². The zero-order valence-electron chi connectivity index (χ0n) is 9.91. The summed E-state index contributed by atoms with van der Waals surface area (Å²) in [6.07, 6.45) is 0. The Morgan fingerprint density at radius 3 is 2.44 bits per heavy atom. The van der Waals surface area contributed by atoms with Gasteiger partial charge in [-0.1, -0.05) is 36.2 Å². The van der Waals surface area contributed by atoms with Gasteiger partial charge in [0.1, 0.15) is 12.4 Å². The summed E-state index contributed by atoms with van der Waals surface area (Å²) < 4.78 is 5.84. The van der Waals surface area contributed by atoms with Crippen LogP contribution in [0.3, 0.4) is 0 Å². The highest BCUT2D eigenvalue weighted by molar-refractivity contribution is 6.31. The number of rotatable bonds is 0. The molecule has 3 heteroatoms. The van der Waals surface area contributed by atoms with Crippen LogP contribution in [0.15, 0.2) is 36.4 Å². The summed E-state index contributed by atoms with van der Waals surface area (Å²) in [4.78, 5) is 0. The number of benzene rings is 2. The predicted molar refractivity (Wildman–Crippen MR) is 74.8 cm³/mol. The Balaban J connectivity index is 2.18. The van der Waals surface area contributed by atoms with Crippen LogP contribution in [0.25, 0.3) is 0 Å². The Bertz CT molecular complexity index is 554. The van der Waals surface area contributed by atoms with Crippen LogP contribution in [0.1, 0.15) is 29.5 Å². The Kier molecular flexibility index (Phi) is 2.96. The smallest absolute Gasteiger partial charge is 0.123 e. The van der Waals surface area contributed by atoms with E-state index >= 15 is 0 Å². The maximum Gasteiger partial charge on any atom is 0.123 e. The van der Waals surface area contributed by atoms with E-state index in [-0.39, 0.29) is 5.92 Å². The molecule has 1 heterocycles. The second-order valence-electron chi connectivity index (χ2n) is 4.54. The molecule has 0 fully saturated rings. The molecular weight excluding hydrogens is 267 g/mol. The van der Waals surface area contributed by atoms with Gasteiger partial charge in [0.15, 0.2) is 0 Å². The van der Waals surface area contributed by atoms with Gasteiger partial charge in [-0.3, -0.25) is 0 Å². The van der Waals surface area contributed by atoms with Crippen LogP contribution in [-0.2, 0) is 6.61 Å². The van der Waals surface area contributed by atoms with Crippen molar-refractivity contribution in [3.63, 3.8) is 0 Å². The van der Waals surface area contributed by atoms with Gasteiger partial charge in [-0.05, 0) is 41.5 Å². The first kappa shape index (κ1) is 11.9. The maximum atomic E-state index is 6.09. The van der Waals surface area contributed by atoms with Crippen LogP contribution < -0.4 is 4.74 Å². The first-order valence-corrected chi connectivity index (χ1v) is 6.61. The van der Waals surface area contributed by atoms with Crippen molar-refractivity contribution in [2.75, 3.05) is 0 Å². The normalized spacial score (nSPS) is 17.4. The zero-order valence-corrected chi connectivity index (χ0v) is 11.4. The molecule has 0 amide bonds. The molecule has 3 rings (SSSR count). The molecule has 2 aromatic rings. The van der Waals surface area contributed by atoms with E-state index in [1.54, 1.807) is 0 Å². The first-order chi connectivity index (χ1) is 8.65. The summed E-state index contributed by atoms with van der Waals surface area (Å²) in [6.45, 7) is 2.73. The van der Waals surface area contributed by atoms with Crippen molar-refractivity contribution < 1.29 is 4.74 Å². The molecule has 92 valence electrons. The minimum Gasteiger partial charge on any atom is -0.489 e. The molecule has 0 aliphatic carbocycles. The van der Waals surface area contributed by atoms with Crippen molar-refractivity contribution in [3.8, 4) is 5.75 Å². The lowest BCUT2D eigenvalue weighted by atomic mass is 9.90. The molecule has 2 aromatic carbocycles. The summed E-state index contributed by atoms with van der Waals surface area (Å²) in [6, 6.07) is 11.7. The Morgan fingerprint density at radius 1 is 1.00 bits per heavy atom. The standard InChI is InChI=1S/C15H12Cl2O/c1-9-13-6-11(16)3-2-10(13)8-18-15-5-4-12(17)7-14(9)15/h2-7,9H,8H2,1H3. The zero-order chi connectivity index (χ0) is 12.7. The highest BCUT2D eigenvalue weighted by atomic mass is 35.5. The third-order valence-electron chi connectivity index (χ3n) is 3.40. The van der Waals surface area contributed by atoms with Crippen molar-refractivity contribution in [2.45, 2.75) is 19.4 Å². The van der Waals surface area contributed by atoms with E-state index < -0.39 is 0 Å². The number of hydrogen-bond acceptors (Lipinski definition) is 1. The van der Waals surface area contributed by atoms with Crippen LogP contribution in [0.4, 0.5) is 0 Å². The van der Waals surface area contributed by atoms with Gasteiger partial charge in [-0.25, -0.2) is 0 Å². The highest BCUT2D eigenvalue weighted by Crippen LogP contribution is 2.39. The average Bonchev–Trinajstić information content (AvgIpc) is 2.49. The second-order valence-corrected chi connectivity index (χ2v) is 5.41. The van der Waals surface area contributed by atoms with Gasteiger partial charge in [0.25, 0.3) is 0 Å². The van der Waals surface area contributed by atoms with E-state index in [4.69, 9.17) is 27.9 Å². The largest absolute Gasteiger partial charge is 0.489 e. The Morgan fingerprint density at radius 2 is 1.67 bits per heavy atom. The molecule has 1 atom stereocenters. The van der Waals surface area contributed by atoms with Gasteiger partial charge >= 0.3 is 0 Å². The Hall–Kier alpha value is -1.18. The van der Waals surface area contributed by atoms with E-state index in [0.29, 0.717) is 6.61 Å². The predicted octanol–water partition coefficient (Wildman–Crippen LogP) is 5.04. The monoisotopic (exact) mass is 278 g/mol. The van der Waals surface area contributed by atoms with Crippen LogP contribution in [0, 0.1) is 0 Å². The molecule has 18 heavy (non-hydrogen) atoms. The maximum absolute atomic E-state index is 6.09. The summed E-state index contributed by atoms with van der Waals surface area (Å²) in [5, 5.41) is 1.49. The molecule has 1 aliphatic heterocycles. The van der Waals surface area contributed by atoms with E-state index in [9.17, 15) is 0 Å². The fourth-order valence-electron chi connectivity index (χ4n) is 2.41. The third-order valence-corrected chi connectivity index (χ3v) is 3.87. The van der Waals surface area contributed by atoms with Crippen LogP contribution in [0.5, 0.6) is 5.75 Å². The average molecular weight is 279 g/mol. The van der Waals surface area contributed by atoms with Crippen molar-refractivity contribution >= 4 is 23.2 Å². The first-order valence-electron chi connectivity index (χ1n) is 5.86. The molecular formula is C15H12Cl2O. The lowest BCUT2D eigenvalue weighted by molar-refractivity contribution is 0.307. The lowest BCUT2D eigenvalue weighted by Crippen LogP contribution is -1.98. The molecule has 0 saturated heterocycles. The summed E-state index contributed by atoms with van der Waals surface area (Å²) >= 11 is 12.2. The highest BCUT2D eigenvalue weighted by Gasteiger charge is 2.21. The van der Waals surface area contributed by atoms with Gasteiger partial charge in [-0.2, -0.15) is 0 Å². The molecule has 0 spiro atoms. The van der Waals surface area contributed by atoms with E-state index in [0.717, 1.165) is 21.4 Å². The second kappa shape index (κ2) is 4.49. The van der Waals surface area contributed by atoms with Crippen LogP contribution in [-0.4, -0.2) is 0 Å². The molecule has 1 aliphatic rings. The molecule has 0 bridgehead atoms. The number of halogens is 2. The summed E-state index contributed by atoms with van der Waals surface area (Å²) in [5.74, 6) is 1.13. The van der Waals surface area contributed by atoms with E-state index in [1.165, 1.54) is 11.1 Å². The van der Waals surface area contributed by atoms with Gasteiger partial charge < -0.3 is 4.74 Å². The lowest BCUT2D eigenvalue weighted by Gasteiger charge is -2.14. The van der Waals surface area contributed by atoms with Crippen molar-refractivity contribution in [2.24, 2.45) is 0 Å². The van der Waals surface area contributed by atoms with Crippen molar-refractivity contribution in [1.29, 1.82) is 0 Å². The quantitative estimate of drug-likeness (QED) is 0.656. The molecule has 1 nitrogen and oxygen atoms in total. The molecule has 0 radical (unpaired) electrons. The van der Waals surface area contributed by atoms with E-state index in [1.807, 2.05) is 36.4 Å². The third kappa shape index (κ3) is 1.98. The van der Waals surface area contributed by atoms with Gasteiger partial charge in [-0.15, -0.1) is 0 Å². The van der Waals surface area contributed by atoms with Gasteiger partial charge in [0.2, 0.25) is 0 Å². The molecule has 0 saturated carbocycles. The van der Waals surface area contributed by atoms with Crippen molar-refractivity contribution in [3.05, 3.63) is 63.1 Å². The summed E-state index contributed by atoms with van der Waals surface area (Å²) in [5.41, 5.74) is 3.51.